The van der Waals surface area contributed by atoms with Gasteiger partial charge in [0.2, 0.25) is 0 Å². The van der Waals surface area contributed by atoms with Gasteiger partial charge in [-0.2, -0.15) is 0 Å². The van der Waals surface area contributed by atoms with Gasteiger partial charge in [-0.3, -0.25) is 9.59 Å². The third kappa shape index (κ3) is 38.4. The number of rotatable bonds is 32. The van der Waals surface area contributed by atoms with Crippen molar-refractivity contribution in [2.24, 2.45) is 5.92 Å². The van der Waals surface area contributed by atoms with Gasteiger partial charge in [0, 0.05) is 6.42 Å². The van der Waals surface area contributed by atoms with Crippen LogP contribution in [-0.4, -0.2) is 23.7 Å². The van der Waals surface area contributed by atoms with Crippen molar-refractivity contribution < 1.29 is 19.4 Å². The van der Waals surface area contributed by atoms with E-state index >= 15 is 0 Å². The second-order valence-corrected chi connectivity index (χ2v) is 12.6. The van der Waals surface area contributed by atoms with Crippen molar-refractivity contribution in [2.75, 3.05) is 6.61 Å². The Bertz CT molecular complexity index is 637. The molecule has 0 amide bonds. The summed E-state index contributed by atoms with van der Waals surface area (Å²) >= 11 is 0. The molecular formula is C40H76O4. The zero-order chi connectivity index (χ0) is 32.8. The van der Waals surface area contributed by atoms with Crippen LogP contribution in [0.2, 0.25) is 0 Å². The third-order valence-electron chi connectivity index (χ3n) is 8.35. The molecule has 0 spiro atoms. The lowest BCUT2D eigenvalue weighted by molar-refractivity contribution is -0.143. The molecule has 0 aromatic carbocycles. The maximum Gasteiger partial charge on any atom is 0.306 e. The molecule has 0 aliphatic heterocycles. The molecular weight excluding hydrogens is 544 g/mol. The van der Waals surface area contributed by atoms with E-state index < -0.39 is 5.97 Å². The number of hydrogen-bond donors (Lipinski definition) is 1. The van der Waals surface area contributed by atoms with Gasteiger partial charge in [0.25, 0.3) is 0 Å². The van der Waals surface area contributed by atoms with Crippen LogP contribution in [0.5, 0.6) is 0 Å². The second kappa shape index (κ2) is 39.4. The summed E-state index contributed by atoms with van der Waals surface area (Å²) in [6, 6.07) is 0. The number of carbonyl (C=O) groups is 2. The van der Waals surface area contributed by atoms with Crippen LogP contribution < -0.4 is 0 Å². The van der Waals surface area contributed by atoms with Crippen molar-refractivity contribution in [1.82, 2.24) is 0 Å². The SMILES string of the molecule is CCCCCCCC/C=C\CCCCCCCC(=O)OCC.CCCCCCCCC=CCCCCCCC(CC)C(=O)O. The van der Waals surface area contributed by atoms with Gasteiger partial charge >= 0.3 is 11.9 Å². The average molecular weight is 621 g/mol. The van der Waals surface area contributed by atoms with Gasteiger partial charge in [-0.1, -0.05) is 148 Å². The van der Waals surface area contributed by atoms with Gasteiger partial charge in [0.15, 0.2) is 0 Å². The van der Waals surface area contributed by atoms with Gasteiger partial charge < -0.3 is 9.84 Å². The monoisotopic (exact) mass is 621 g/mol. The van der Waals surface area contributed by atoms with Crippen LogP contribution in [0.15, 0.2) is 24.3 Å². The van der Waals surface area contributed by atoms with E-state index in [4.69, 9.17) is 9.84 Å². The fourth-order valence-electron chi connectivity index (χ4n) is 5.36. The second-order valence-electron chi connectivity index (χ2n) is 12.6. The highest BCUT2D eigenvalue weighted by molar-refractivity contribution is 5.69. The summed E-state index contributed by atoms with van der Waals surface area (Å²) in [5.41, 5.74) is 0. The highest BCUT2D eigenvalue weighted by Gasteiger charge is 2.13. The van der Waals surface area contributed by atoms with Crippen molar-refractivity contribution in [2.45, 2.75) is 207 Å². The van der Waals surface area contributed by atoms with Crippen LogP contribution in [0.4, 0.5) is 0 Å². The van der Waals surface area contributed by atoms with Crippen LogP contribution in [-0.2, 0) is 14.3 Å². The van der Waals surface area contributed by atoms with Crippen LogP contribution >= 0.6 is 0 Å². The Morgan fingerprint density at radius 2 is 0.886 bits per heavy atom. The van der Waals surface area contributed by atoms with E-state index in [1.165, 1.54) is 141 Å². The summed E-state index contributed by atoms with van der Waals surface area (Å²) in [5.74, 6) is -0.794. The number of unbranched alkanes of at least 4 members (excludes halogenated alkanes) is 21. The Kier molecular flexibility index (Phi) is 39.9. The van der Waals surface area contributed by atoms with Crippen molar-refractivity contribution in [3.8, 4) is 0 Å². The molecule has 4 heteroatoms. The van der Waals surface area contributed by atoms with E-state index in [1.807, 2.05) is 13.8 Å². The standard InChI is InChI=1S/2C20H38O2/c1-3-5-6-7-8-9-10-11-12-13-14-15-16-17-18-19-20(21)22-4-2;1-3-5-6-7-8-9-10-11-12-13-14-15-16-17-18-19(4-2)20(21)22/h11-12H,3-10,13-19H2,1-2H3;11-12,19H,3-10,13-18H2,1-2H3,(H,21,22)/b12-11-;. The molecule has 0 heterocycles. The predicted molar refractivity (Wildman–Crippen MR) is 192 cm³/mol. The Hall–Kier alpha value is -1.58. The van der Waals surface area contributed by atoms with E-state index in [-0.39, 0.29) is 11.9 Å². The molecule has 0 saturated heterocycles. The first-order valence-corrected chi connectivity index (χ1v) is 19.2. The first-order valence-electron chi connectivity index (χ1n) is 19.2. The number of carboxylic acid groups (broad SMARTS) is 1. The molecule has 0 fully saturated rings. The average Bonchev–Trinajstić information content (AvgIpc) is 3.01. The van der Waals surface area contributed by atoms with E-state index in [2.05, 4.69) is 38.2 Å². The number of ether oxygens (including phenoxy) is 1. The number of aliphatic carboxylic acids is 1. The normalized spacial score (nSPS) is 12.0. The molecule has 0 aromatic rings. The predicted octanol–water partition coefficient (Wildman–Crippen LogP) is 13.3. The molecule has 1 N–H and O–H groups in total. The van der Waals surface area contributed by atoms with Crippen LogP contribution in [0.3, 0.4) is 0 Å². The van der Waals surface area contributed by atoms with Gasteiger partial charge in [-0.15, -0.1) is 0 Å². The molecule has 0 radical (unpaired) electrons. The minimum absolute atomic E-state index is 0.0415. The van der Waals surface area contributed by atoms with E-state index in [0.717, 1.165) is 32.1 Å². The van der Waals surface area contributed by atoms with Gasteiger partial charge in [0.05, 0.1) is 12.5 Å². The molecule has 0 aromatic heterocycles. The maximum atomic E-state index is 11.1. The lowest BCUT2D eigenvalue weighted by Gasteiger charge is -2.08. The largest absolute Gasteiger partial charge is 0.481 e. The molecule has 1 unspecified atom stereocenters. The summed E-state index contributed by atoms with van der Waals surface area (Å²) in [6.07, 6.45) is 43.7. The molecule has 0 aliphatic rings. The van der Waals surface area contributed by atoms with Crippen molar-refractivity contribution in [1.29, 1.82) is 0 Å². The minimum Gasteiger partial charge on any atom is -0.481 e. The molecule has 260 valence electrons. The Morgan fingerprint density at radius 3 is 1.25 bits per heavy atom. The highest BCUT2D eigenvalue weighted by atomic mass is 16.5. The maximum absolute atomic E-state index is 11.1. The summed E-state index contributed by atoms with van der Waals surface area (Å²) < 4.78 is 4.91. The quantitative estimate of drug-likeness (QED) is 0.0461. The van der Waals surface area contributed by atoms with Crippen LogP contribution in [0.25, 0.3) is 0 Å². The topological polar surface area (TPSA) is 63.6 Å². The van der Waals surface area contributed by atoms with Crippen molar-refractivity contribution in [3.63, 3.8) is 0 Å². The minimum atomic E-state index is -0.625. The summed E-state index contributed by atoms with van der Waals surface area (Å²) in [7, 11) is 0. The lowest BCUT2D eigenvalue weighted by Crippen LogP contribution is -2.12. The third-order valence-corrected chi connectivity index (χ3v) is 8.35. The summed E-state index contributed by atoms with van der Waals surface area (Å²) in [4.78, 5) is 22.0. The molecule has 0 saturated carbocycles. The smallest absolute Gasteiger partial charge is 0.306 e. The zero-order valence-electron chi connectivity index (χ0n) is 30.1. The van der Waals surface area contributed by atoms with Gasteiger partial charge in [0.1, 0.15) is 0 Å². The number of carboxylic acids is 1. The van der Waals surface area contributed by atoms with E-state index in [9.17, 15) is 9.59 Å². The zero-order valence-corrected chi connectivity index (χ0v) is 30.1. The molecule has 0 aliphatic carbocycles. The molecule has 44 heavy (non-hydrogen) atoms. The van der Waals surface area contributed by atoms with Crippen molar-refractivity contribution in [3.05, 3.63) is 24.3 Å². The molecule has 0 rings (SSSR count). The first-order chi connectivity index (χ1) is 21.5. The molecule has 0 bridgehead atoms. The number of hydrogen-bond acceptors (Lipinski definition) is 3. The van der Waals surface area contributed by atoms with E-state index in [1.54, 1.807) is 0 Å². The molecule has 1 atom stereocenters. The Balaban J connectivity index is 0. The number of esters is 1. The number of carbonyl (C=O) groups excluding carboxylic acids is 1. The first kappa shape index (κ1) is 44.5. The van der Waals surface area contributed by atoms with Crippen LogP contribution in [0, 0.1) is 5.92 Å². The van der Waals surface area contributed by atoms with Crippen molar-refractivity contribution >= 4 is 11.9 Å². The summed E-state index contributed by atoms with van der Waals surface area (Å²) in [6.45, 7) is 8.86. The van der Waals surface area contributed by atoms with Crippen LogP contribution in [0.1, 0.15) is 207 Å². The van der Waals surface area contributed by atoms with Gasteiger partial charge in [-0.25, -0.2) is 0 Å². The Morgan fingerprint density at radius 1 is 0.523 bits per heavy atom. The fraction of sp³-hybridized carbons (Fsp3) is 0.850. The fourth-order valence-corrected chi connectivity index (χ4v) is 5.36. The number of allylic oxidation sites excluding steroid dienone is 4. The molecule has 4 nitrogen and oxygen atoms in total. The Labute approximate surface area is 275 Å². The lowest BCUT2D eigenvalue weighted by atomic mass is 9.98. The highest BCUT2D eigenvalue weighted by Crippen LogP contribution is 2.15. The van der Waals surface area contributed by atoms with E-state index in [0.29, 0.717) is 13.0 Å². The van der Waals surface area contributed by atoms with Gasteiger partial charge in [-0.05, 0) is 77.6 Å². The summed E-state index contributed by atoms with van der Waals surface area (Å²) in [5, 5.41) is 8.97.